The number of aliphatic hydroxyl groups is 1. The molecule has 1 saturated carbocycles. The van der Waals surface area contributed by atoms with Crippen LogP contribution in [0.5, 0.6) is 0 Å². The van der Waals surface area contributed by atoms with Gasteiger partial charge in [0.15, 0.2) is 0 Å². The van der Waals surface area contributed by atoms with E-state index in [1.807, 2.05) is 0 Å². The van der Waals surface area contributed by atoms with Crippen LogP contribution in [-0.2, 0) is 0 Å². The van der Waals surface area contributed by atoms with E-state index in [-0.39, 0.29) is 5.60 Å². The average molecular weight is 240 g/mol. The van der Waals surface area contributed by atoms with Crippen molar-refractivity contribution in [1.29, 1.82) is 0 Å². The lowest BCUT2D eigenvalue weighted by Crippen LogP contribution is -2.47. The highest BCUT2D eigenvalue weighted by Crippen LogP contribution is 2.31. The summed E-state index contributed by atoms with van der Waals surface area (Å²) in [5.41, 5.74) is -0.361. The number of nitrogens with zero attached hydrogens (tertiary/aromatic N) is 1. The average Bonchev–Trinajstić information content (AvgIpc) is 2.73. The molecule has 0 radical (unpaired) electrons. The molecular formula is C14H28N2O. The van der Waals surface area contributed by atoms with Crippen molar-refractivity contribution < 1.29 is 5.11 Å². The molecule has 2 N–H and O–H groups in total. The maximum Gasteiger partial charge on any atom is 0.0774 e. The third-order valence-electron chi connectivity index (χ3n) is 4.34. The topological polar surface area (TPSA) is 35.5 Å². The number of nitrogens with one attached hydrogen (secondary N) is 1. The second-order valence-electron chi connectivity index (χ2n) is 5.98. The molecule has 1 aliphatic heterocycles. The van der Waals surface area contributed by atoms with Crippen LogP contribution in [-0.4, -0.2) is 48.3 Å². The van der Waals surface area contributed by atoms with E-state index in [1.165, 1.54) is 38.8 Å². The maximum absolute atomic E-state index is 10.4. The summed E-state index contributed by atoms with van der Waals surface area (Å²) in [5, 5.41) is 13.9. The lowest BCUT2D eigenvalue weighted by Gasteiger charge is -2.37. The Hall–Kier alpha value is -0.120. The van der Waals surface area contributed by atoms with Crippen molar-refractivity contribution in [2.75, 3.05) is 32.7 Å². The molecule has 1 saturated heterocycles. The summed E-state index contributed by atoms with van der Waals surface area (Å²) in [6.45, 7) is 7.66. The van der Waals surface area contributed by atoms with Gasteiger partial charge >= 0.3 is 0 Å². The summed E-state index contributed by atoms with van der Waals surface area (Å²) < 4.78 is 0. The molecule has 0 bridgehead atoms. The quantitative estimate of drug-likeness (QED) is 0.766. The summed E-state index contributed by atoms with van der Waals surface area (Å²) in [5.74, 6) is 0.786. The van der Waals surface area contributed by atoms with Crippen molar-refractivity contribution in [2.24, 2.45) is 5.92 Å². The van der Waals surface area contributed by atoms with Crippen LogP contribution in [0.15, 0.2) is 0 Å². The zero-order valence-electron chi connectivity index (χ0n) is 11.2. The summed E-state index contributed by atoms with van der Waals surface area (Å²) in [6.07, 6.45) is 7.10. The number of β-amino-alcohol motifs (C(OH)–C–C–N with tert-alkyl or cyclic N) is 1. The van der Waals surface area contributed by atoms with E-state index in [4.69, 9.17) is 0 Å². The molecule has 100 valence electrons. The van der Waals surface area contributed by atoms with Gasteiger partial charge in [-0.05, 0) is 51.2 Å². The normalized spacial score (nSPS) is 29.6. The van der Waals surface area contributed by atoms with Gasteiger partial charge in [-0.1, -0.05) is 19.8 Å². The summed E-state index contributed by atoms with van der Waals surface area (Å²) in [4.78, 5) is 2.50. The number of hydrogen-bond acceptors (Lipinski definition) is 3. The zero-order valence-corrected chi connectivity index (χ0v) is 11.2. The van der Waals surface area contributed by atoms with Crippen LogP contribution in [0, 0.1) is 5.92 Å². The zero-order chi connectivity index (χ0) is 12.1. The molecule has 1 unspecified atom stereocenters. The van der Waals surface area contributed by atoms with Crippen LogP contribution >= 0.6 is 0 Å². The highest BCUT2D eigenvalue weighted by molar-refractivity contribution is 4.89. The second-order valence-corrected chi connectivity index (χ2v) is 5.98. The van der Waals surface area contributed by atoms with E-state index in [9.17, 15) is 5.11 Å². The van der Waals surface area contributed by atoms with E-state index < -0.39 is 0 Å². The molecule has 2 rings (SSSR count). The number of likely N-dealkylation sites (tertiary alicyclic amines) is 1. The minimum atomic E-state index is -0.361. The first-order valence-electron chi connectivity index (χ1n) is 7.37. The minimum absolute atomic E-state index is 0.361. The van der Waals surface area contributed by atoms with E-state index in [2.05, 4.69) is 17.1 Å². The highest BCUT2D eigenvalue weighted by Gasteiger charge is 2.34. The van der Waals surface area contributed by atoms with Crippen LogP contribution in [0.1, 0.15) is 45.4 Å². The van der Waals surface area contributed by atoms with Crippen molar-refractivity contribution in [3.05, 3.63) is 0 Å². The molecule has 1 aliphatic carbocycles. The van der Waals surface area contributed by atoms with Gasteiger partial charge in [0.05, 0.1) is 5.60 Å². The number of hydrogen-bond donors (Lipinski definition) is 2. The van der Waals surface area contributed by atoms with Gasteiger partial charge in [-0.25, -0.2) is 0 Å². The van der Waals surface area contributed by atoms with E-state index in [1.54, 1.807) is 0 Å². The summed E-state index contributed by atoms with van der Waals surface area (Å²) in [7, 11) is 0. The molecule has 3 heteroatoms. The molecule has 2 fully saturated rings. The Kier molecular flexibility index (Phi) is 4.83. The Morgan fingerprint density at radius 2 is 2.06 bits per heavy atom. The Morgan fingerprint density at radius 3 is 2.76 bits per heavy atom. The maximum atomic E-state index is 10.4. The number of rotatable bonds is 5. The predicted octanol–water partition coefficient (Wildman–Crippen LogP) is 1.61. The van der Waals surface area contributed by atoms with Crippen molar-refractivity contribution in [1.82, 2.24) is 10.2 Å². The van der Waals surface area contributed by atoms with Crippen molar-refractivity contribution in [3.8, 4) is 0 Å². The molecule has 0 aromatic carbocycles. The molecule has 1 atom stereocenters. The van der Waals surface area contributed by atoms with Crippen LogP contribution in [0.4, 0.5) is 0 Å². The van der Waals surface area contributed by atoms with Crippen molar-refractivity contribution in [2.45, 2.75) is 51.0 Å². The predicted molar refractivity (Wildman–Crippen MR) is 71.1 cm³/mol. The fourth-order valence-corrected chi connectivity index (χ4v) is 3.42. The van der Waals surface area contributed by atoms with Gasteiger partial charge in [-0.2, -0.15) is 0 Å². The fourth-order valence-electron chi connectivity index (χ4n) is 3.42. The van der Waals surface area contributed by atoms with Gasteiger partial charge in [0.2, 0.25) is 0 Å². The summed E-state index contributed by atoms with van der Waals surface area (Å²) in [6, 6.07) is 0. The van der Waals surface area contributed by atoms with E-state index in [0.717, 1.165) is 38.4 Å². The molecular weight excluding hydrogens is 212 g/mol. The molecule has 0 aromatic rings. The van der Waals surface area contributed by atoms with Gasteiger partial charge in [0.1, 0.15) is 0 Å². The monoisotopic (exact) mass is 240 g/mol. The first kappa shape index (κ1) is 13.3. The standard InChI is InChI=1S/C14H28N2O/c1-2-15-10-13-6-5-9-16(11-13)12-14(17)7-3-4-8-14/h13,15,17H,2-12H2,1H3. The fraction of sp³-hybridized carbons (Fsp3) is 1.00. The molecule has 0 amide bonds. The summed E-state index contributed by atoms with van der Waals surface area (Å²) >= 11 is 0. The lowest BCUT2D eigenvalue weighted by molar-refractivity contribution is -0.00207. The van der Waals surface area contributed by atoms with Crippen molar-refractivity contribution >= 4 is 0 Å². The Bertz CT molecular complexity index is 226. The smallest absolute Gasteiger partial charge is 0.0774 e. The molecule has 1 heterocycles. The second kappa shape index (κ2) is 6.17. The Morgan fingerprint density at radius 1 is 1.29 bits per heavy atom. The van der Waals surface area contributed by atoms with Gasteiger partial charge in [0.25, 0.3) is 0 Å². The van der Waals surface area contributed by atoms with E-state index in [0.29, 0.717) is 0 Å². The SMILES string of the molecule is CCNCC1CCCN(CC2(O)CCCC2)C1. The first-order valence-corrected chi connectivity index (χ1v) is 7.37. The highest BCUT2D eigenvalue weighted by atomic mass is 16.3. The number of piperidine rings is 1. The first-order chi connectivity index (χ1) is 8.22. The molecule has 2 aliphatic rings. The van der Waals surface area contributed by atoms with Crippen LogP contribution < -0.4 is 5.32 Å². The third-order valence-corrected chi connectivity index (χ3v) is 4.34. The van der Waals surface area contributed by atoms with Gasteiger partial charge in [-0.3, -0.25) is 0 Å². The van der Waals surface area contributed by atoms with Crippen LogP contribution in [0.2, 0.25) is 0 Å². The Balaban J connectivity index is 1.76. The third kappa shape index (κ3) is 3.94. The van der Waals surface area contributed by atoms with Gasteiger partial charge in [0, 0.05) is 13.1 Å². The van der Waals surface area contributed by atoms with Crippen LogP contribution in [0.25, 0.3) is 0 Å². The molecule has 0 aromatic heterocycles. The lowest BCUT2D eigenvalue weighted by atomic mass is 9.95. The molecule has 3 nitrogen and oxygen atoms in total. The largest absolute Gasteiger partial charge is 0.389 e. The molecule has 17 heavy (non-hydrogen) atoms. The molecule has 0 spiro atoms. The van der Waals surface area contributed by atoms with E-state index >= 15 is 0 Å². The van der Waals surface area contributed by atoms with Crippen molar-refractivity contribution in [3.63, 3.8) is 0 Å². The minimum Gasteiger partial charge on any atom is -0.389 e. The Labute approximate surface area is 106 Å². The van der Waals surface area contributed by atoms with Gasteiger partial charge in [-0.15, -0.1) is 0 Å². The van der Waals surface area contributed by atoms with Gasteiger partial charge < -0.3 is 15.3 Å². The van der Waals surface area contributed by atoms with Crippen LogP contribution in [0.3, 0.4) is 0 Å².